The van der Waals surface area contributed by atoms with Crippen LogP contribution in [0.15, 0.2) is 48.5 Å². The Balaban J connectivity index is 2.22. The third-order valence-electron chi connectivity index (χ3n) is 3.31. The maximum absolute atomic E-state index is 12.3. The fraction of sp³-hybridized carbons (Fsp3) is 0.176. The van der Waals surface area contributed by atoms with Crippen molar-refractivity contribution in [3.05, 3.63) is 65.2 Å². The van der Waals surface area contributed by atoms with E-state index in [4.69, 9.17) is 0 Å². The second kappa shape index (κ2) is 6.22. The van der Waals surface area contributed by atoms with Crippen molar-refractivity contribution in [3.63, 3.8) is 0 Å². The van der Waals surface area contributed by atoms with Crippen LogP contribution in [-0.4, -0.2) is 24.0 Å². The minimum atomic E-state index is -1.04. The van der Waals surface area contributed by atoms with Gasteiger partial charge < -0.3 is 10.0 Å². The molecule has 108 valence electrons. The zero-order chi connectivity index (χ0) is 15.4. The van der Waals surface area contributed by atoms with Crippen LogP contribution in [-0.2, 0) is 11.2 Å². The molecule has 1 N–H and O–H groups in total. The lowest BCUT2D eigenvalue weighted by Gasteiger charge is -2.19. The molecule has 4 nitrogen and oxygen atoms in total. The molecule has 4 heteroatoms. The van der Waals surface area contributed by atoms with Crippen molar-refractivity contribution in [1.82, 2.24) is 0 Å². The van der Waals surface area contributed by atoms with Gasteiger partial charge in [0.1, 0.15) is 0 Å². The van der Waals surface area contributed by atoms with E-state index in [0.29, 0.717) is 5.69 Å². The summed E-state index contributed by atoms with van der Waals surface area (Å²) in [5.41, 5.74) is 2.54. The van der Waals surface area contributed by atoms with Gasteiger partial charge in [0.15, 0.2) is 0 Å². The van der Waals surface area contributed by atoms with Crippen molar-refractivity contribution >= 4 is 17.6 Å². The number of carbonyl (C=O) groups is 2. The molecule has 0 aliphatic rings. The Morgan fingerprint density at radius 1 is 1.10 bits per heavy atom. The lowest BCUT2D eigenvalue weighted by Crippen LogP contribution is -2.29. The molecule has 1 amide bonds. The summed E-state index contributed by atoms with van der Waals surface area (Å²) in [5, 5.41) is 9.18. The number of benzene rings is 2. The van der Waals surface area contributed by atoms with E-state index in [2.05, 4.69) is 0 Å². The summed E-state index contributed by atoms with van der Waals surface area (Å²) in [6.45, 7) is 1.97. The lowest BCUT2D eigenvalue weighted by atomic mass is 10.1. The molecule has 0 fully saturated rings. The number of rotatable bonds is 4. The van der Waals surface area contributed by atoms with Gasteiger partial charge in [-0.05, 0) is 24.6 Å². The van der Waals surface area contributed by atoms with Crippen molar-refractivity contribution in [2.45, 2.75) is 13.3 Å². The molecular weight excluding hydrogens is 266 g/mol. The van der Waals surface area contributed by atoms with Crippen molar-refractivity contribution in [3.8, 4) is 0 Å². The third-order valence-corrected chi connectivity index (χ3v) is 3.31. The van der Waals surface area contributed by atoms with Crippen LogP contribution in [0.5, 0.6) is 0 Å². The number of hydrogen-bond donors (Lipinski definition) is 1. The third kappa shape index (κ3) is 3.48. The zero-order valence-electron chi connectivity index (χ0n) is 12.0. The average molecular weight is 283 g/mol. The van der Waals surface area contributed by atoms with Crippen LogP contribution in [0.1, 0.15) is 21.5 Å². The largest absolute Gasteiger partial charge is 0.478 e. The number of nitrogens with zero attached hydrogens (tertiary/aromatic N) is 1. The van der Waals surface area contributed by atoms with E-state index in [1.54, 1.807) is 25.2 Å². The van der Waals surface area contributed by atoms with Gasteiger partial charge in [-0.2, -0.15) is 0 Å². The van der Waals surface area contributed by atoms with Crippen LogP contribution < -0.4 is 4.90 Å². The molecule has 0 heterocycles. The monoisotopic (exact) mass is 283 g/mol. The van der Waals surface area contributed by atoms with Gasteiger partial charge in [-0.3, -0.25) is 4.79 Å². The molecule has 0 aliphatic carbocycles. The minimum absolute atomic E-state index is 0.123. The highest BCUT2D eigenvalue weighted by molar-refractivity contribution is 6.02. The average Bonchev–Trinajstić information content (AvgIpc) is 2.46. The summed E-state index contributed by atoms with van der Waals surface area (Å²) in [5.74, 6) is -1.19. The Morgan fingerprint density at radius 3 is 2.48 bits per heavy atom. The van der Waals surface area contributed by atoms with E-state index in [9.17, 15) is 14.7 Å². The van der Waals surface area contributed by atoms with E-state index >= 15 is 0 Å². The maximum Gasteiger partial charge on any atom is 0.337 e. The van der Waals surface area contributed by atoms with Gasteiger partial charge in [-0.1, -0.05) is 42.0 Å². The number of carbonyl (C=O) groups excluding carboxylic acids is 1. The minimum Gasteiger partial charge on any atom is -0.478 e. The summed E-state index contributed by atoms with van der Waals surface area (Å²) in [4.78, 5) is 24.9. The molecule has 0 unspecified atom stereocenters. The molecule has 2 rings (SSSR count). The number of amides is 1. The first-order valence-electron chi connectivity index (χ1n) is 6.63. The molecule has 0 saturated heterocycles. The van der Waals surface area contributed by atoms with E-state index < -0.39 is 5.97 Å². The van der Waals surface area contributed by atoms with E-state index in [0.717, 1.165) is 11.1 Å². The lowest BCUT2D eigenvalue weighted by molar-refractivity contribution is -0.117. The number of carboxylic acid groups (broad SMARTS) is 1. The normalized spacial score (nSPS) is 10.2. The molecule has 21 heavy (non-hydrogen) atoms. The SMILES string of the molecule is Cc1cccc(CC(=O)N(C)c2ccccc2C(=O)O)c1. The summed E-state index contributed by atoms with van der Waals surface area (Å²) < 4.78 is 0. The molecule has 2 aromatic carbocycles. The molecule has 0 saturated carbocycles. The van der Waals surface area contributed by atoms with Crippen LogP contribution >= 0.6 is 0 Å². The second-order valence-electron chi connectivity index (χ2n) is 4.94. The first kappa shape index (κ1) is 14.8. The van der Waals surface area contributed by atoms with Crippen LogP contribution in [0, 0.1) is 6.92 Å². The number of carboxylic acids is 1. The van der Waals surface area contributed by atoms with E-state index in [1.807, 2.05) is 31.2 Å². The molecule has 0 spiro atoms. The van der Waals surface area contributed by atoms with Gasteiger partial charge in [0.05, 0.1) is 17.7 Å². The number of hydrogen-bond acceptors (Lipinski definition) is 2. The molecular formula is C17H17NO3. The Kier molecular flexibility index (Phi) is 4.38. The highest BCUT2D eigenvalue weighted by atomic mass is 16.4. The predicted molar refractivity (Wildman–Crippen MR) is 81.7 cm³/mol. The Morgan fingerprint density at radius 2 is 1.81 bits per heavy atom. The van der Waals surface area contributed by atoms with Crippen molar-refractivity contribution < 1.29 is 14.7 Å². The Hall–Kier alpha value is -2.62. The number of aromatic carboxylic acids is 1. The smallest absolute Gasteiger partial charge is 0.337 e. The van der Waals surface area contributed by atoms with Crippen molar-refractivity contribution in [1.29, 1.82) is 0 Å². The Bertz CT molecular complexity index is 679. The van der Waals surface area contributed by atoms with Crippen molar-refractivity contribution in [2.75, 3.05) is 11.9 Å². The topological polar surface area (TPSA) is 57.6 Å². The molecule has 0 atom stereocenters. The van der Waals surface area contributed by atoms with Gasteiger partial charge in [0.2, 0.25) is 5.91 Å². The maximum atomic E-state index is 12.3. The predicted octanol–water partition coefficient (Wildman–Crippen LogP) is 2.90. The summed E-state index contributed by atoms with van der Waals surface area (Å²) in [6, 6.07) is 14.2. The fourth-order valence-corrected chi connectivity index (χ4v) is 2.20. The summed E-state index contributed by atoms with van der Waals surface area (Å²) in [6.07, 6.45) is 0.242. The van der Waals surface area contributed by atoms with Crippen LogP contribution in [0.2, 0.25) is 0 Å². The van der Waals surface area contributed by atoms with Crippen LogP contribution in [0.25, 0.3) is 0 Å². The van der Waals surface area contributed by atoms with Gasteiger partial charge in [0, 0.05) is 7.05 Å². The van der Waals surface area contributed by atoms with Gasteiger partial charge in [-0.25, -0.2) is 4.79 Å². The number of likely N-dealkylation sites (N-methyl/N-ethyl adjacent to an activating group) is 1. The molecule has 2 aromatic rings. The van der Waals surface area contributed by atoms with Gasteiger partial charge in [-0.15, -0.1) is 0 Å². The van der Waals surface area contributed by atoms with Crippen LogP contribution in [0.3, 0.4) is 0 Å². The molecule has 0 aliphatic heterocycles. The first-order chi connectivity index (χ1) is 9.99. The summed E-state index contributed by atoms with van der Waals surface area (Å²) in [7, 11) is 1.60. The van der Waals surface area contributed by atoms with E-state index in [1.165, 1.54) is 11.0 Å². The van der Waals surface area contributed by atoms with Gasteiger partial charge >= 0.3 is 5.97 Å². The fourth-order valence-electron chi connectivity index (χ4n) is 2.20. The molecule has 0 radical (unpaired) electrons. The van der Waals surface area contributed by atoms with E-state index in [-0.39, 0.29) is 17.9 Å². The number of para-hydroxylation sites is 1. The molecule has 0 bridgehead atoms. The van der Waals surface area contributed by atoms with Crippen molar-refractivity contribution in [2.24, 2.45) is 0 Å². The zero-order valence-corrected chi connectivity index (χ0v) is 12.0. The quantitative estimate of drug-likeness (QED) is 0.938. The second-order valence-corrected chi connectivity index (χ2v) is 4.94. The highest BCUT2D eigenvalue weighted by Crippen LogP contribution is 2.20. The Labute approximate surface area is 123 Å². The molecule has 0 aromatic heterocycles. The number of anilines is 1. The van der Waals surface area contributed by atoms with Crippen LogP contribution in [0.4, 0.5) is 5.69 Å². The number of aryl methyl sites for hydroxylation is 1. The first-order valence-corrected chi connectivity index (χ1v) is 6.63. The summed E-state index contributed by atoms with van der Waals surface area (Å²) >= 11 is 0. The highest BCUT2D eigenvalue weighted by Gasteiger charge is 2.17. The van der Waals surface area contributed by atoms with Gasteiger partial charge in [0.25, 0.3) is 0 Å². The standard InChI is InChI=1S/C17H17NO3/c1-12-6-5-7-13(10-12)11-16(19)18(2)15-9-4-3-8-14(15)17(20)21/h3-10H,11H2,1-2H3,(H,20,21).